The molecule has 0 fully saturated rings. The molecule has 4 aromatic heterocycles. The maximum absolute atomic E-state index is 13.3. The number of anilines is 1. The van der Waals surface area contributed by atoms with Crippen LogP contribution in [0.5, 0.6) is 0 Å². The molecule has 0 atom stereocenters. The number of benzene rings is 1. The van der Waals surface area contributed by atoms with E-state index in [1.807, 2.05) is 34.7 Å². The molecule has 164 valence electrons. The van der Waals surface area contributed by atoms with E-state index in [0.29, 0.717) is 16.7 Å². The van der Waals surface area contributed by atoms with E-state index in [9.17, 15) is 4.79 Å². The first-order chi connectivity index (χ1) is 16.0. The van der Waals surface area contributed by atoms with Crippen molar-refractivity contribution in [3.63, 3.8) is 0 Å². The van der Waals surface area contributed by atoms with Gasteiger partial charge in [0.15, 0.2) is 11.6 Å². The second-order valence-electron chi connectivity index (χ2n) is 7.34. The van der Waals surface area contributed by atoms with Gasteiger partial charge in [0.05, 0.1) is 22.8 Å². The summed E-state index contributed by atoms with van der Waals surface area (Å²) >= 11 is 8.51. The number of nitrogens with zero attached hydrogens (tertiary/aromatic N) is 7. The first kappa shape index (κ1) is 21.5. The molecule has 0 saturated heterocycles. The second kappa shape index (κ2) is 8.91. The minimum Gasteiger partial charge on any atom is -0.301 e. The quantitative estimate of drug-likeness (QED) is 0.293. The van der Waals surface area contributed by atoms with Crippen LogP contribution in [-0.2, 0) is 11.2 Å². The molecule has 0 aliphatic heterocycles. The molecule has 10 heteroatoms. The highest BCUT2D eigenvalue weighted by molar-refractivity contribution is 14.1. The maximum atomic E-state index is 13.3. The van der Waals surface area contributed by atoms with Crippen molar-refractivity contribution in [1.29, 1.82) is 0 Å². The number of imidazole rings is 2. The molecule has 0 bridgehead atoms. The summed E-state index contributed by atoms with van der Waals surface area (Å²) in [7, 11) is 1.68. The number of hydrogen-bond acceptors (Lipinski definition) is 5. The Bertz CT molecular complexity index is 1430. The van der Waals surface area contributed by atoms with Gasteiger partial charge in [0, 0.05) is 34.8 Å². The van der Waals surface area contributed by atoms with Gasteiger partial charge in [0.25, 0.3) is 0 Å². The van der Waals surface area contributed by atoms with Crippen LogP contribution in [0.1, 0.15) is 5.69 Å². The minimum absolute atomic E-state index is 0.115. The van der Waals surface area contributed by atoms with E-state index in [1.165, 1.54) is 4.90 Å². The van der Waals surface area contributed by atoms with Gasteiger partial charge in [-0.1, -0.05) is 23.7 Å². The van der Waals surface area contributed by atoms with Crippen molar-refractivity contribution in [2.24, 2.45) is 0 Å². The smallest absolute Gasteiger partial charge is 0.233 e. The maximum Gasteiger partial charge on any atom is 0.233 e. The molecule has 0 aliphatic carbocycles. The van der Waals surface area contributed by atoms with Gasteiger partial charge in [-0.15, -0.1) is 10.2 Å². The molecular formula is C23H17ClIN7O. The van der Waals surface area contributed by atoms with E-state index in [0.717, 1.165) is 26.2 Å². The Hall–Kier alpha value is -3.31. The van der Waals surface area contributed by atoms with E-state index in [4.69, 9.17) is 16.6 Å². The number of carbonyl (C=O) groups excluding carboxylic acids is 1. The van der Waals surface area contributed by atoms with E-state index in [1.54, 1.807) is 54.7 Å². The largest absolute Gasteiger partial charge is 0.301 e. The third-order valence-corrected chi connectivity index (χ3v) is 6.18. The first-order valence-corrected chi connectivity index (χ1v) is 11.5. The van der Waals surface area contributed by atoms with Crippen molar-refractivity contribution in [2.75, 3.05) is 11.9 Å². The van der Waals surface area contributed by atoms with Crippen molar-refractivity contribution in [3.05, 3.63) is 87.7 Å². The van der Waals surface area contributed by atoms with Gasteiger partial charge in [-0.3, -0.25) is 14.3 Å². The van der Waals surface area contributed by atoms with Crippen molar-refractivity contribution >= 4 is 51.6 Å². The number of halogens is 2. The highest BCUT2D eigenvalue weighted by Crippen LogP contribution is 2.27. The van der Waals surface area contributed by atoms with Crippen LogP contribution >= 0.6 is 34.2 Å². The fraction of sp³-hybridized carbons (Fsp3) is 0.0870. The van der Waals surface area contributed by atoms with Crippen LogP contribution in [0.4, 0.5) is 5.82 Å². The van der Waals surface area contributed by atoms with Gasteiger partial charge < -0.3 is 4.40 Å². The van der Waals surface area contributed by atoms with Gasteiger partial charge >= 0.3 is 0 Å². The van der Waals surface area contributed by atoms with Crippen molar-refractivity contribution in [2.45, 2.75) is 6.42 Å². The van der Waals surface area contributed by atoms with Gasteiger partial charge in [0.1, 0.15) is 12.0 Å². The van der Waals surface area contributed by atoms with Gasteiger partial charge in [0.2, 0.25) is 5.91 Å². The lowest BCUT2D eigenvalue weighted by Gasteiger charge is -2.16. The molecule has 0 unspecified atom stereocenters. The summed E-state index contributed by atoms with van der Waals surface area (Å²) in [5.74, 6) is 0.925. The molecular weight excluding hydrogens is 553 g/mol. The zero-order valence-electron chi connectivity index (χ0n) is 17.4. The lowest BCUT2D eigenvalue weighted by Crippen LogP contribution is -2.29. The average molecular weight is 570 g/mol. The van der Waals surface area contributed by atoms with Gasteiger partial charge in [-0.25, -0.2) is 9.97 Å². The Morgan fingerprint density at radius 3 is 2.61 bits per heavy atom. The Labute approximate surface area is 208 Å². The zero-order valence-corrected chi connectivity index (χ0v) is 20.3. The number of rotatable bonds is 5. The molecule has 4 heterocycles. The number of hydrogen-bond donors (Lipinski definition) is 0. The highest BCUT2D eigenvalue weighted by atomic mass is 127. The third kappa shape index (κ3) is 4.33. The Morgan fingerprint density at radius 1 is 1.09 bits per heavy atom. The molecule has 0 spiro atoms. The zero-order chi connectivity index (χ0) is 22.9. The SMILES string of the molecule is CN(C(=O)Cc1c(-c2ccc(I)cc2)nc2ccc(Cl)cn12)c1ccc(-n2ccnc2)nn1. The number of fused-ring (bicyclic) bond motifs is 1. The molecule has 0 N–H and O–H groups in total. The fourth-order valence-electron chi connectivity index (χ4n) is 3.49. The molecule has 0 saturated carbocycles. The van der Waals surface area contributed by atoms with Crippen LogP contribution in [0, 0.1) is 3.57 Å². The fourth-order valence-corrected chi connectivity index (χ4v) is 4.01. The molecule has 0 aliphatic rings. The van der Waals surface area contributed by atoms with Crippen molar-refractivity contribution in [3.8, 4) is 17.1 Å². The number of pyridine rings is 1. The molecule has 1 amide bonds. The molecule has 0 radical (unpaired) electrons. The summed E-state index contributed by atoms with van der Waals surface area (Å²) in [6.45, 7) is 0. The van der Waals surface area contributed by atoms with Crippen LogP contribution in [0.25, 0.3) is 22.7 Å². The summed E-state index contributed by atoms with van der Waals surface area (Å²) in [5.41, 5.74) is 3.17. The lowest BCUT2D eigenvalue weighted by atomic mass is 10.1. The Balaban J connectivity index is 1.47. The van der Waals surface area contributed by atoms with E-state index < -0.39 is 0 Å². The number of likely N-dealkylation sites (N-methyl/N-ethyl adjacent to an activating group) is 1. The minimum atomic E-state index is -0.145. The normalized spacial score (nSPS) is 11.1. The predicted octanol–water partition coefficient (Wildman–Crippen LogP) is 4.44. The van der Waals surface area contributed by atoms with Crippen LogP contribution in [0.2, 0.25) is 5.02 Å². The molecule has 5 aromatic rings. The number of amides is 1. The van der Waals surface area contributed by atoms with E-state index >= 15 is 0 Å². The lowest BCUT2D eigenvalue weighted by molar-refractivity contribution is -0.117. The average Bonchev–Trinajstić information content (AvgIpc) is 3.48. The number of carbonyl (C=O) groups is 1. The van der Waals surface area contributed by atoms with Crippen molar-refractivity contribution in [1.82, 2.24) is 29.1 Å². The van der Waals surface area contributed by atoms with E-state index in [-0.39, 0.29) is 12.3 Å². The molecule has 8 nitrogen and oxygen atoms in total. The second-order valence-corrected chi connectivity index (χ2v) is 9.02. The van der Waals surface area contributed by atoms with Crippen LogP contribution in [0.15, 0.2) is 73.4 Å². The van der Waals surface area contributed by atoms with Crippen LogP contribution < -0.4 is 4.90 Å². The molecule has 1 aromatic carbocycles. The summed E-state index contributed by atoms with van der Waals surface area (Å²) in [6, 6.07) is 15.2. The molecule has 33 heavy (non-hydrogen) atoms. The summed E-state index contributed by atoms with van der Waals surface area (Å²) in [4.78, 5) is 23.5. The Morgan fingerprint density at radius 2 is 1.91 bits per heavy atom. The topological polar surface area (TPSA) is 81.2 Å². The third-order valence-electron chi connectivity index (χ3n) is 5.24. The van der Waals surface area contributed by atoms with Crippen LogP contribution in [0.3, 0.4) is 0 Å². The molecule has 5 rings (SSSR count). The summed E-state index contributed by atoms with van der Waals surface area (Å²) in [5, 5.41) is 8.98. The first-order valence-electron chi connectivity index (χ1n) is 10.0. The monoisotopic (exact) mass is 569 g/mol. The van der Waals surface area contributed by atoms with Gasteiger partial charge in [-0.2, -0.15) is 0 Å². The van der Waals surface area contributed by atoms with Crippen molar-refractivity contribution < 1.29 is 4.79 Å². The summed E-state index contributed by atoms with van der Waals surface area (Å²) in [6.07, 6.45) is 6.98. The standard InChI is InChI=1S/C23H17ClIN7O/c1-30(20-8-9-21(29-28-20)31-11-10-26-14-31)22(33)12-18-23(15-2-5-17(25)6-3-15)27-19-7-4-16(24)13-32(18)19/h2-11,13-14H,12H2,1H3. The number of aromatic nitrogens is 6. The van der Waals surface area contributed by atoms with Gasteiger partial charge in [-0.05, 0) is 59.0 Å². The predicted molar refractivity (Wildman–Crippen MR) is 135 cm³/mol. The Kier molecular flexibility index (Phi) is 5.81. The van der Waals surface area contributed by atoms with Crippen LogP contribution in [-0.4, -0.2) is 42.1 Å². The highest BCUT2D eigenvalue weighted by Gasteiger charge is 2.21. The van der Waals surface area contributed by atoms with E-state index in [2.05, 4.69) is 37.8 Å². The summed E-state index contributed by atoms with van der Waals surface area (Å²) < 4.78 is 4.74.